The Morgan fingerprint density at radius 2 is 0.692 bits per heavy atom. The third kappa shape index (κ3) is 33.7. The summed E-state index contributed by atoms with van der Waals surface area (Å²) in [6, 6.07) is 0. The molecule has 0 saturated carbocycles. The first-order valence-electron chi connectivity index (χ1n) is 23.1. The number of hydrogen-bond donors (Lipinski definition) is 0. The Bertz CT molecular complexity index is 692. The monoisotopic (exact) mass is 756 g/mol. The van der Waals surface area contributed by atoms with Gasteiger partial charge in [0.2, 0.25) is 0 Å². The van der Waals surface area contributed by atoms with Crippen molar-refractivity contribution in [1.82, 2.24) is 4.90 Å². The van der Waals surface area contributed by atoms with Gasteiger partial charge in [-0.3, -0.25) is 9.59 Å². The summed E-state index contributed by atoms with van der Waals surface area (Å²) in [5.74, 6) is 0.977. The van der Waals surface area contributed by atoms with E-state index in [2.05, 4.69) is 32.6 Å². The average Bonchev–Trinajstić information content (AvgIpc) is 3.14. The first-order valence-corrected chi connectivity index (χ1v) is 23.7. The molecule has 0 aliphatic rings. The molecule has 0 saturated heterocycles. The summed E-state index contributed by atoms with van der Waals surface area (Å²) < 4.78 is 11.6. The fourth-order valence-corrected chi connectivity index (χ4v) is 7.59. The predicted molar refractivity (Wildman–Crippen MR) is 226 cm³/mol. The molecule has 2 unspecified atom stereocenters. The largest absolute Gasteiger partial charge is 0.465 e. The highest BCUT2D eigenvalue weighted by molar-refractivity contribution is 6.18. The number of halogens is 1. The summed E-state index contributed by atoms with van der Waals surface area (Å²) in [4.78, 5) is 28.3. The summed E-state index contributed by atoms with van der Waals surface area (Å²) in [7, 11) is 0. The van der Waals surface area contributed by atoms with Crippen LogP contribution in [0.15, 0.2) is 0 Å². The van der Waals surface area contributed by atoms with Crippen molar-refractivity contribution in [3.63, 3.8) is 0 Å². The van der Waals surface area contributed by atoms with Gasteiger partial charge in [-0.15, -0.1) is 11.6 Å². The minimum absolute atomic E-state index is 0.0574. The van der Waals surface area contributed by atoms with Gasteiger partial charge in [0.1, 0.15) is 0 Å². The lowest BCUT2D eigenvalue weighted by Crippen LogP contribution is -2.28. The molecular weight excluding hydrogens is 666 g/mol. The number of carbonyl (C=O) groups excluding carboxylic acids is 2. The smallest absolute Gasteiger partial charge is 0.308 e. The van der Waals surface area contributed by atoms with Gasteiger partial charge in [-0.2, -0.15) is 0 Å². The Labute approximate surface area is 330 Å². The van der Waals surface area contributed by atoms with Gasteiger partial charge in [0.25, 0.3) is 0 Å². The third-order valence-electron chi connectivity index (χ3n) is 10.9. The number of nitrogens with zero attached hydrogens (tertiary/aromatic N) is 1. The van der Waals surface area contributed by atoms with Gasteiger partial charge in [-0.05, 0) is 64.5 Å². The summed E-state index contributed by atoms with van der Waals surface area (Å²) in [5, 5.41) is 0. The number of unbranched alkanes of at least 4 members (excludes halogenated alkanes) is 22. The van der Waals surface area contributed by atoms with Crippen molar-refractivity contribution in [2.75, 3.05) is 38.7 Å². The van der Waals surface area contributed by atoms with Crippen LogP contribution in [0.25, 0.3) is 0 Å². The van der Waals surface area contributed by atoms with E-state index in [0.29, 0.717) is 19.1 Å². The molecule has 5 nitrogen and oxygen atoms in total. The highest BCUT2D eigenvalue weighted by atomic mass is 35.5. The van der Waals surface area contributed by atoms with Crippen LogP contribution in [-0.4, -0.2) is 55.6 Å². The van der Waals surface area contributed by atoms with Crippen LogP contribution in [0, 0.1) is 11.8 Å². The SMILES string of the molecule is CCCCCCCCC(CCCCCC)C(=O)OCCCCCCN(CCCl)CCCCCCOC(=O)C(CCCCCC)CCCCCCCC. The second-order valence-corrected chi connectivity index (χ2v) is 16.3. The van der Waals surface area contributed by atoms with E-state index in [9.17, 15) is 9.59 Å². The standard InChI is InChI=1S/C46H90ClNO4/c1-5-9-13-17-19-27-35-43(33-25-15-11-7-3)45(49)51-41-31-23-21-29-38-48(40-37-47)39-30-22-24-32-42-52-46(50)44(34-26-16-12-8-4)36-28-20-18-14-10-6-2/h43-44H,5-42H2,1-4H3. The fraction of sp³-hybridized carbons (Fsp3) is 0.957. The Hall–Kier alpha value is -0.810. The lowest BCUT2D eigenvalue weighted by Gasteiger charge is -2.21. The van der Waals surface area contributed by atoms with Crippen molar-refractivity contribution in [2.45, 2.75) is 233 Å². The quantitative estimate of drug-likeness (QED) is 0.0353. The fourth-order valence-electron chi connectivity index (χ4n) is 7.36. The molecule has 0 aromatic rings. The average molecular weight is 757 g/mol. The molecule has 0 fully saturated rings. The van der Waals surface area contributed by atoms with Gasteiger partial charge in [0, 0.05) is 12.4 Å². The molecule has 6 heteroatoms. The van der Waals surface area contributed by atoms with Crippen molar-refractivity contribution in [2.24, 2.45) is 11.8 Å². The Balaban J connectivity index is 4.20. The van der Waals surface area contributed by atoms with Crippen LogP contribution in [0.5, 0.6) is 0 Å². The minimum Gasteiger partial charge on any atom is -0.465 e. The number of hydrogen-bond acceptors (Lipinski definition) is 5. The first-order chi connectivity index (χ1) is 25.5. The molecule has 52 heavy (non-hydrogen) atoms. The van der Waals surface area contributed by atoms with Gasteiger partial charge in [0.05, 0.1) is 25.0 Å². The molecule has 0 aromatic carbocycles. The lowest BCUT2D eigenvalue weighted by molar-refractivity contribution is -0.150. The molecule has 0 rings (SSSR count). The van der Waals surface area contributed by atoms with Crippen LogP contribution in [0.2, 0.25) is 0 Å². The van der Waals surface area contributed by atoms with Crippen LogP contribution in [0.4, 0.5) is 0 Å². The zero-order chi connectivity index (χ0) is 38.2. The molecule has 0 radical (unpaired) electrons. The molecular formula is C46H90ClNO4. The van der Waals surface area contributed by atoms with Crippen molar-refractivity contribution in [3.8, 4) is 0 Å². The number of carbonyl (C=O) groups is 2. The summed E-state index contributed by atoms with van der Waals surface area (Å²) in [5.41, 5.74) is 0. The highest BCUT2D eigenvalue weighted by Gasteiger charge is 2.20. The third-order valence-corrected chi connectivity index (χ3v) is 11.1. The summed E-state index contributed by atoms with van der Waals surface area (Å²) in [6.07, 6.45) is 37.8. The molecule has 0 aromatic heterocycles. The molecule has 0 heterocycles. The van der Waals surface area contributed by atoms with Crippen molar-refractivity contribution < 1.29 is 19.1 Å². The van der Waals surface area contributed by atoms with E-state index in [1.807, 2.05) is 0 Å². The molecule has 0 aliphatic carbocycles. The van der Waals surface area contributed by atoms with Gasteiger partial charge < -0.3 is 14.4 Å². The van der Waals surface area contributed by atoms with E-state index in [1.54, 1.807) is 0 Å². The van der Waals surface area contributed by atoms with Crippen LogP contribution in [-0.2, 0) is 19.1 Å². The van der Waals surface area contributed by atoms with E-state index in [0.717, 1.165) is 110 Å². The number of alkyl halides is 1. The second kappa shape index (κ2) is 41.4. The second-order valence-electron chi connectivity index (χ2n) is 15.9. The molecule has 2 atom stereocenters. The minimum atomic E-state index is 0.0574. The molecule has 0 amide bonds. The number of rotatable bonds is 42. The van der Waals surface area contributed by atoms with Gasteiger partial charge in [0.15, 0.2) is 0 Å². The highest BCUT2D eigenvalue weighted by Crippen LogP contribution is 2.22. The van der Waals surface area contributed by atoms with Crippen LogP contribution < -0.4 is 0 Å². The van der Waals surface area contributed by atoms with Crippen LogP contribution in [0.3, 0.4) is 0 Å². The van der Waals surface area contributed by atoms with Crippen LogP contribution in [0.1, 0.15) is 233 Å². The molecule has 0 bridgehead atoms. The van der Waals surface area contributed by atoms with E-state index >= 15 is 0 Å². The molecule has 310 valence electrons. The molecule has 0 N–H and O–H groups in total. The Morgan fingerprint density at radius 1 is 0.404 bits per heavy atom. The van der Waals surface area contributed by atoms with E-state index in [1.165, 1.54) is 116 Å². The normalized spacial score (nSPS) is 12.7. The van der Waals surface area contributed by atoms with Gasteiger partial charge >= 0.3 is 11.9 Å². The molecule has 0 spiro atoms. The van der Waals surface area contributed by atoms with E-state index in [-0.39, 0.29) is 23.8 Å². The predicted octanol–water partition coefficient (Wildman–Crippen LogP) is 14.4. The van der Waals surface area contributed by atoms with E-state index < -0.39 is 0 Å². The van der Waals surface area contributed by atoms with Crippen molar-refractivity contribution in [3.05, 3.63) is 0 Å². The van der Waals surface area contributed by atoms with Crippen LogP contribution >= 0.6 is 11.6 Å². The first kappa shape index (κ1) is 51.2. The lowest BCUT2D eigenvalue weighted by atomic mass is 9.94. The maximum Gasteiger partial charge on any atom is 0.308 e. The summed E-state index contributed by atoms with van der Waals surface area (Å²) >= 11 is 6.15. The summed E-state index contributed by atoms with van der Waals surface area (Å²) in [6.45, 7) is 13.2. The zero-order valence-electron chi connectivity index (χ0n) is 35.5. The number of ether oxygens (including phenoxy) is 2. The van der Waals surface area contributed by atoms with Crippen molar-refractivity contribution in [1.29, 1.82) is 0 Å². The number of esters is 2. The van der Waals surface area contributed by atoms with E-state index in [4.69, 9.17) is 21.1 Å². The Kier molecular flexibility index (Phi) is 40.7. The maximum absolute atomic E-state index is 12.9. The molecule has 0 aliphatic heterocycles. The van der Waals surface area contributed by atoms with Gasteiger partial charge in [-0.25, -0.2) is 0 Å². The van der Waals surface area contributed by atoms with Crippen molar-refractivity contribution >= 4 is 23.5 Å². The Morgan fingerprint density at radius 3 is 1.04 bits per heavy atom. The zero-order valence-corrected chi connectivity index (χ0v) is 36.2. The topological polar surface area (TPSA) is 55.8 Å². The maximum atomic E-state index is 12.9. The van der Waals surface area contributed by atoms with Gasteiger partial charge in [-0.1, -0.05) is 182 Å².